The summed E-state index contributed by atoms with van der Waals surface area (Å²) in [4.78, 5) is 3.31. The van der Waals surface area contributed by atoms with E-state index in [1.165, 1.54) is 29.4 Å². The molecule has 0 amide bonds. The summed E-state index contributed by atoms with van der Waals surface area (Å²) in [7, 11) is 0. The van der Waals surface area contributed by atoms with Crippen molar-refractivity contribution < 1.29 is 0 Å². The number of fused-ring (bicyclic) bond motifs is 1. The minimum atomic E-state index is 0.609. The van der Waals surface area contributed by atoms with Crippen molar-refractivity contribution in [3.05, 3.63) is 28.5 Å². The first-order valence-electron chi connectivity index (χ1n) is 5.86. The van der Waals surface area contributed by atoms with E-state index >= 15 is 0 Å². The molecule has 0 unspecified atom stereocenters. The van der Waals surface area contributed by atoms with Crippen LogP contribution < -0.4 is 0 Å². The van der Waals surface area contributed by atoms with E-state index in [2.05, 4.69) is 41.6 Å². The smallest absolute Gasteiger partial charge is 0.178 e. The summed E-state index contributed by atoms with van der Waals surface area (Å²) in [6.07, 6.45) is 2.52. The standard InChI is InChI=1S/C13H16N2S/c1-8-6-10(7-8)15-12-9(2)4-3-5-11(12)14-13(15)16/h3-5,8,10H,6-7H2,1-2H3,(H,14,16). The molecule has 0 atom stereocenters. The molecule has 1 aromatic carbocycles. The lowest BCUT2D eigenvalue weighted by Crippen LogP contribution is -2.24. The zero-order chi connectivity index (χ0) is 11.3. The van der Waals surface area contributed by atoms with Gasteiger partial charge in [-0.3, -0.25) is 0 Å². The van der Waals surface area contributed by atoms with Crippen LogP contribution in [0.25, 0.3) is 11.0 Å². The number of H-pyrrole nitrogens is 1. The fraction of sp³-hybridized carbons (Fsp3) is 0.462. The van der Waals surface area contributed by atoms with Gasteiger partial charge in [0.25, 0.3) is 0 Å². The highest BCUT2D eigenvalue weighted by molar-refractivity contribution is 7.71. The van der Waals surface area contributed by atoms with Gasteiger partial charge in [-0.2, -0.15) is 0 Å². The molecule has 1 N–H and O–H groups in total. The van der Waals surface area contributed by atoms with Crippen LogP contribution in [0.4, 0.5) is 0 Å². The van der Waals surface area contributed by atoms with Crippen molar-refractivity contribution in [2.24, 2.45) is 5.92 Å². The molecule has 1 aliphatic rings. The largest absolute Gasteiger partial charge is 0.331 e. The van der Waals surface area contributed by atoms with Crippen LogP contribution in [0.15, 0.2) is 18.2 Å². The Labute approximate surface area is 100 Å². The van der Waals surface area contributed by atoms with E-state index in [0.29, 0.717) is 6.04 Å². The van der Waals surface area contributed by atoms with Crippen molar-refractivity contribution in [3.8, 4) is 0 Å². The monoisotopic (exact) mass is 232 g/mol. The van der Waals surface area contributed by atoms with E-state index in [0.717, 1.165) is 10.7 Å². The Morgan fingerprint density at radius 3 is 2.81 bits per heavy atom. The zero-order valence-electron chi connectivity index (χ0n) is 9.66. The predicted octanol–water partition coefficient (Wildman–Crippen LogP) is 3.98. The van der Waals surface area contributed by atoms with Gasteiger partial charge in [0.15, 0.2) is 4.77 Å². The number of hydrogen-bond donors (Lipinski definition) is 1. The van der Waals surface area contributed by atoms with Gasteiger partial charge in [-0.1, -0.05) is 19.1 Å². The molecule has 0 aliphatic heterocycles. The summed E-state index contributed by atoms with van der Waals surface area (Å²) >= 11 is 5.44. The summed E-state index contributed by atoms with van der Waals surface area (Å²) in [5, 5.41) is 0. The van der Waals surface area contributed by atoms with Crippen molar-refractivity contribution >= 4 is 23.3 Å². The fourth-order valence-electron chi connectivity index (χ4n) is 2.78. The number of aromatic nitrogens is 2. The van der Waals surface area contributed by atoms with E-state index in [4.69, 9.17) is 12.2 Å². The number of hydrogen-bond acceptors (Lipinski definition) is 1. The number of nitrogens with one attached hydrogen (secondary N) is 1. The lowest BCUT2D eigenvalue weighted by atomic mass is 9.81. The van der Waals surface area contributed by atoms with Crippen LogP contribution in [-0.4, -0.2) is 9.55 Å². The van der Waals surface area contributed by atoms with Gasteiger partial charge < -0.3 is 9.55 Å². The molecule has 0 spiro atoms. The quantitative estimate of drug-likeness (QED) is 0.738. The Kier molecular flexibility index (Phi) is 2.18. The predicted molar refractivity (Wildman–Crippen MR) is 69.3 cm³/mol. The molecular weight excluding hydrogens is 216 g/mol. The average molecular weight is 232 g/mol. The molecule has 3 rings (SSSR count). The topological polar surface area (TPSA) is 20.7 Å². The number of rotatable bonds is 1. The summed E-state index contributed by atoms with van der Waals surface area (Å²) in [5.74, 6) is 0.848. The highest BCUT2D eigenvalue weighted by atomic mass is 32.1. The molecule has 1 aromatic heterocycles. The lowest BCUT2D eigenvalue weighted by Gasteiger charge is -2.34. The molecule has 1 aliphatic carbocycles. The number of aryl methyl sites for hydroxylation is 1. The second kappa shape index (κ2) is 3.45. The molecular formula is C13H16N2S. The molecule has 1 heterocycles. The number of nitrogens with zero attached hydrogens (tertiary/aromatic N) is 1. The SMILES string of the molecule is Cc1cccc2[nH]c(=S)n(C3CC(C)C3)c12. The van der Waals surface area contributed by atoms with Gasteiger partial charge in [0.1, 0.15) is 0 Å². The molecule has 1 saturated carbocycles. The Bertz CT molecular complexity index is 587. The molecule has 0 bridgehead atoms. The van der Waals surface area contributed by atoms with Crippen molar-refractivity contribution in [3.63, 3.8) is 0 Å². The van der Waals surface area contributed by atoms with Crippen molar-refractivity contribution in [2.75, 3.05) is 0 Å². The number of imidazole rings is 1. The lowest BCUT2D eigenvalue weighted by molar-refractivity contribution is 0.219. The zero-order valence-corrected chi connectivity index (χ0v) is 10.5. The number of benzene rings is 1. The first-order valence-corrected chi connectivity index (χ1v) is 6.27. The third kappa shape index (κ3) is 1.34. The van der Waals surface area contributed by atoms with E-state index in [-0.39, 0.29) is 0 Å². The third-order valence-electron chi connectivity index (χ3n) is 3.65. The molecule has 2 aromatic rings. The minimum absolute atomic E-state index is 0.609. The highest BCUT2D eigenvalue weighted by Crippen LogP contribution is 2.39. The summed E-state index contributed by atoms with van der Waals surface area (Å²) in [6, 6.07) is 6.95. The van der Waals surface area contributed by atoms with Crippen molar-refractivity contribution in [1.29, 1.82) is 0 Å². The van der Waals surface area contributed by atoms with Crippen LogP contribution in [0.5, 0.6) is 0 Å². The molecule has 0 saturated heterocycles. The molecule has 2 nitrogen and oxygen atoms in total. The van der Waals surface area contributed by atoms with E-state index < -0.39 is 0 Å². The third-order valence-corrected chi connectivity index (χ3v) is 3.95. The maximum atomic E-state index is 5.44. The van der Waals surface area contributed by atoms with Crippen LogP contribution in [-0.2, 0) is 0 Å². The van der Waals surface area contributed by atoms with Crippen LogP contribution in [0, 0.1) is 17.6 Å². The maximum Gasteiger partial charge on any atom is 0.178 e. The molecule has 16 heavy (non-hydrogen) atoms. The second-order valence-corrected chi connectivity index (χ2v) is 5.39. The van der Waals surface area contributed by atoms with Gasteiger partial charge in [0.2, 0.25) is 0 Å². The van der Waals surface area contributed by atoms with Gasteiger partial charge in [0, 0.05) is 6.04 Å². The van der Waals surface area contributed by atoms with Crippen molar-refractivity contribution in [1.82, 2.24) is 9.55 Å². The van der Waals surface area contributed by atoms with E-state index in [1.54, 1.807) is 0 Å². The van der Waals surface area contributed by atoms with Crippen molar-refractivity contribution in [2.45, 2.75) is 32.7 Å². The molecule has 1 fully saturated rings. The Balaban J connectivity index is 2.23. The minimum Gasteiger partial charge on any atom is -0.331 e. The Morgan fingerprint density at radius 2 is 2.12 bits per heavy atom. The molecule has 84 valence electrons. The van der Waals surface area contributed by atoms with Gasteiger partial charge in [-0.25, -0.2) is 0 Å². The number of aromatic amines is 1. The Morgan fingerprint density at radius 1 is 1.38 bits per heavy atom. The van der Waals surface area contributed by atoms with Crippen LogP contribution >= 0.6 is 12.2 Å². The summed E-state index contributed by atoms with van der Waals surface area (Å²) in [5.41, 5.74) is 3.78. The van der Waals surface area contributed by atoms with E-state index in [9.17, 15) is 0 Å². The molecule has 0 radical (unpaired) electrons. The summed E-state index contributed by atoms with van der Waals surface area (Å²) in [6.45, 7) is 4.46. The van der Waals surface area contributed by atoms with Crippen LogP contribution in [0.3, 0.4) is 0 Å². The molecule has 3 heteroatoms. The van der Waals surface area contributed by atoms with E-state index in [1.807, 2.05) is 0 Å². The normalized spacial score (nSPS) is 24.6. The van der Waals surface area contributed by atoms with Crippen LogP contribution in [0.1, 0.15) is 31.4 Å². The van der Waals surface area contributed by atoms with Crippen LogP contribution in [0.2, 0.25) is 0 Å². The van der Waals surface area contributed by atoms with Gasteiger partial charge >= 0.3 is 0 Å². The summed E-state index contributed by atoms with van der Waals surface area (Å²) < 4.78 is 3.20. The maximum absolute atomic E-state index is 5.44. The van der Waals surface area contributed by atoms with Gasteiger partial charge in [-0.15, -0.1) is 0 Å². The highest BCUT2D eigenvalue weighted by Gasteiger charge is 2.28. The van der Waals surface area contributed by atoms with Gasteiger partial charge in [0.05, 0.1) is 11.0 Å². The first kappa shape index (κ1) is 10.1. The average Bonchev–Trinajstić information content (AvgIpc) is 2.51. The number of para-hydroxylation sites is 1. The fourth-order valence-corrected chi connectivity index (χ4v) is 3.13. The van der Waals surface area contributed by atoms with Gasteiger partial charge in [-0.05, 0) is 49.5 Å². The Hall–Kier alpha value is -1.09. The second-order valence-electron chi connectivity index (χ2n) is 5.00. The first-order chi connectivity index (χ1) is 7.66.